The number of alkyl halides is 3. The maximum Gasteiger partial charge on any atom is 0.433 e. The highest BCUT2D eigenvalue weighted by Gasteiger charge is 2.33. The van der Waals surface area contributed by atoms with Crippen molar-refractivity contribution in [2.24, 2.45) is 5.73 Å². The molecule has 0 unspecified atom stereocenters. The molecule has 0 fully saturated rings. The normalized spacial score (nSPS) is 12.9. The Labute approximate surface area is 121 Å². The lowest BCUT2D eigenvalue weighted by Crippen LogP contribution is -2.48. The highest BCUT2D eigenvalue weighted by atomic mass is 35.5. The fourth-order valence-electron chi connectivity index (χ4n) is 1.17. The van der Waals surface area contributed by atoms with E-state index in [0.29, 0.717) is 12.3 Å². The van der Waals surface area contributed by atoms with Crippen LogP contribution in [0, 0.1) is 0 Å². The molecule has 0 aliphatic heterocycles. The van der Waals surface area contributed by atoms with E-state index in [1.165, 1.54) is 0 Å². The van der Waals surface area contributed by atoms with Gasteiger partial charge in [0.15, 0.2) is 0 Å². The van der Waals surface area contributed by atoms with Crippen molar-refractivity contribution in [2.45, 2.75) is 30.5 Å². The van der Waals surface area contributed by atoms with E-state index in [1.807, 2.05) is 0 Å². The molecule has 1 aromatic rings. The third kappa shape index (κ3) is 4.89. The van der Waals surface area contributed by atoms with E-state index in [4.69, 9.17) is 5.73 Å². The first-order valence-electron chi connectivity index (χ1n) is 5.25. The fourth-order valence-corrected chi connectivity index (χ4v) is 2.54. The molecule has 0 amide bonds. The quantitative estimate of drug-likeness (QED) is 0.875. The highest BCUT2D eigenvalue weighted by molar-refractivity contribution is 7.89. The first-order chi connectivity index (χ1) is 8.48. The van der Waals surface area contributed by atoms with E-state index >= 15 is 0 Å². The minimum Gasteiger partial charge on any atom is -0.329 e. The Morgan fingerprint density at radius 1 is 1.30 bits per heavy atom. The lowest BCUT2D eigenvalue weighted by atomic mass is 10.1. The van der Waals surface area contributed by atoms with Crippen molar-refractivity contribution in [1.29, 1.82) is 0 Å². The van der Waals surface area contributed by atoms with E-state index in [1.54, 1.807) is 13.8 Å². The Balaban J connectivity index is 0.00000361. The minimum absolute atomic E-state index is 0. The van der Waals surface area contributed by atoms with Gasteiger partial charge in [-0.05, 0) is 26.0 Å². The van der Waals surface area contributed by atoms with Crippen LogP contribution in [0.15, 0.2) is 23.2 Å². The Morgan fingerprint density at radius 2 is 1.85 bits per heavy atom. The molecule has 1 aromatic heterocycles. The van der Waals surface area contributed by atoms with Crippen LogP contribution >= 0.6 is 12.4 Å². The lowest BCUT2D eigenvalue weighted by molar-refractivity contribution is -0.141. The van der Waals surface area contributed by atoms with Gasteiger partial charge in [0, 0.05) is 18.3 Å². The SMILES string of the molecule is CC(C)(CN)NS(=O)(=O)c1ccc(C(F)(F)F)nc1.Cl. The van der Waals surface area contributed by atoms with Crippen LogP contribution in [0.25, 0.3) is 0 Å². The summed E-state index contributed by atoms with van der Waals surface area (Å²) in [4.78, 5) is 2.75. The summed E-state index contributed by atoms with van der Waals surface area (Å²) in [6.45, 7) is 3.16. The molecule has 0 spiro atoms. The topological polar surface area (TPSA) is 85.1 Å². The number of sulfonamides is 1. The van der Waals surface area contributed by atoms with Gasteiger partial charge in [-0.25, -0.2) is 13.1 Å². The van der Waals surface area contributed by atoms with Crippen molar-refractivity contribution >= 4 is 22.4 Å². The number of nitrogens with zero attached hydrogens (tertiary/aromatic N) is 1. The number of nitrogens with one attached hydrogen (secondary N) is 1. The lowest BCUT2D eigenvalue weighted by Gasteiger charge is -2.23. The van der Waals surface area contributed by atoms with Gasteiger partial charge >= 0.3 is 6.18 Å². The molecule has 0 saturated heterocycles. The summed E-state index contributed by atoms with van der Waals surface area (Å²) in [6.07, 6.45) is -3.94. The molecule has 10 heteroatoms. The maximum absolute atomic E-state index is 12.3. The molecule has 1 rings (SSSR count). The van der Waals surface area contributed by atoms with Gasteiger partial charge in [0.1, 0.15) is 10.6 Å². The summed E-state index contributed by atoms with van der Waals surface area (Å²) in [5.74, 6) is 0. The summed E-state index contributed by atoms with van der Waals surface area (Å²) < 4.78 is 62.9. The average Bonchev–Trinajstić information content (AvgIpc) is 2.27. The predicted octanol–water partition coefficient (Wildman–Crippen LogP) is 1.54. The molecule has 0 bridgehead atoms. The molecule has 5 nitrogen and oxygen atoms in total. The van der Waals surface area contributed by atoms with E-state index in [2.05, 4.69) is 9.71 Å². The van der Waals surface area contributed by atoms with Crippen LogP contribution in [-0.4, -0.2) is 25.5 Å². The number of aromatic nitrogens is 1. The molecule has 116 valence electrons. The number of halogens is 4. The number of rotatable bonds is 4. The molecule has 20 heavy (non-hydrogen) atoms. The van der Waals surface area contributed by atoms with E-state index in [9.17, 15) is 21.6 Å². The Morgan fingerprint density at radius 3 is 2.20 bits per heavy atom. The minimum atomic E-state index is -4.60. The first-order valence-corrected chi connectivity index (χ1v) is 6.73. The molecule has 1 heterocycles. The number of hydrogen-bond donors (Lipinski definition) is 2. The molecule has 0 radical (unpaired) electrons. The fraction of sp³-hybridized carbons (Fsp3) is 0.500. The van der Waals surface area contributed by atoms with Crippen LogP contribution in [0.2, 0.25) is 0 Å². The van der Waals surface area contributed by atoms with Gasteiger partial charge < -0.3 is 5.73 Å². The molecular formula is C10H15ClF3N3O2S. The second-order valence-electron chi connectivity index (χ2n) is 4.57. The third-order valence-electron chi connectivity index (χ3n) is 2.26. The number of nitrogens with two attached hydrogens (primary N) is 1. The van der Waals surface area contributed by atoms with Crippen molar-refractivity contribution in [3.63, 3.8) is 0 Å². The first kappa shape index (κ1) is 19.1. The van der Waals surface area contributed by atoms with E-state index < -0.39 is 27.4 Å². The van der Waals surface area contributed by atoms with Gasteiger partial charge in [0.2, 0.25) is 10.0 Å². The smallest absolute Gasteiger partial charge is 0.329 e. The van der Waals surface area contributed by atoms with Gasteiger partial charge in [-0.15, -0.1) is 12.4 Å². The predicted molar refractivity (Wildman–Crippen MR) is 69.9 cm³/mol. The Hall–Kier alpha value is -0.900. The highest BCUT2D eigenvalue weighted by Crippen LogP contribution is 2.27. The van der Waals surface area contributed by atoms with Gasteiger partial charge in [-0.2, -0.15) is 13.2 Å². The van der Waals surface area contributed by atoms with E-state index in [-0.39, 0.29) is 23.8 Å². The molecule has 0 aromatic carbocycles. The molecule has 3 N–H and O–H groups in total. The van der Waals surface area contributed by atoms with Gasteiger partial charge in [0.25, 0.3) is 0 Å². The van der Waals surface area contributed by atoms with Crippen LogP contribution in [0.3, 0.4) is 0 Å². The van der Waals surface area contributed by atoms with Crippen molar-refractivity contribution in [2.75, 3.05) is 6.54 Å². The second kappa shape index (κ2) is 6.25. The van der Waals surface area contributed by atoms with Crippen LogP contribution in [-0.2, 0) is 16.2 Å². The summed E-state index contributed by atoms with van der Waals surface area (Å²) in [6, 6.07) is 1.47. The summed E-state index contributed by atoms with van der Waals surface area (Å²) >= 11 is 0. The van der Waals surface area contributed by atoms with Crippen LogP contribution in [0.5, 0.6) is 0 Å². The van der Waals surface area contributed by atoms with Crippen LogP contribution in [0.4, 0.5) is 13.2 Å². The Kier molecular flexibility index (Phi) is 5.97. The zero-order valence-electron chi connectivity index (χ0n) is 10.7. The molecule has 0 aliphatic carbocycles. The van der Waals surface area contributed by atoms with Crippen molar-refractivity contribution in [1.82, 2.24) is 9.71 Å². The number of pyridine rings is 1. The maximum atomic E-state index is 12.3. The summed E-state index contributed by atoms with van der Waals surface area (Å²) in [7, 11) is -3.95. The zero-order chi connectivity index (χ0) is 14.9. The largest absolute Gasteiger partial charge is 0.433 e. The Bertz CT molecular complexity index is 544. The standard InChI is InChI=1S/C10H14F3N3O2S.ClH/c1-9(2,6-14)16-19(17,18)7-3-4-8(15-5-7)10(11,12)13;/h3-5,16H,6,14H2,1-2H3;1H. The number of hydrogen-bond acceptors (Lipinski definition) is 4. The summed E-state index contributed by atoms with van der Waals surface area (Å²) in [5, 5.41) is 0. The molecule has 0 aliphatic rings. The second-order valence-corrected chi connectivity index (χ2v) is 6.25. The zero-order valence-corrected chi connectivity index (χ0v) is 12.4. The van der Waals surface area contributed by atoms with Gasteiger partial charge in [-0.1, -0.05) is 0 Å². The molecular weight excluding hydrogens is 319 g/mol. The average molecular weight is 334 g/mol. The van der Waals surface area contributed by atoms with E-state index in [0.717, 1.165) is 6.07 Å². The molecule has 0 saturated carbocycles. The molecule has 0 atom stereocenters. The third-order valence-corrected chi connectivity index (χ3v) is 3.94. The van der Waals surface area contributed by atoms with Gasteiger partial charge in [0.05, 0.1) is 0 Å². The van der Waals surface area contributed by atoms with Crippen LogP contribution in [0.1, 0.15) is 19.5 Å². The van der Waals surface area contributed by atoms with Crippen molar-refractivity contribution < 1.29 is 21.6 Å². The van der Waals surface area contributed by atoms with Crippen molar-refractivity contribution in [3.8, 4) is 0 Å². The van der Waals surface area contributed by atoms with Crippen LogP contribution < -0.4 is 10.5 Å². The monoisotopic (exact) mass is 333 g/mol. The van der Waals surface area contributed by atoms with Crippen molar-refractivity contribution in [3.05, 3.63) is 24.0 Å². The van der Waals surface area contributed by atoms with Gasteiger partial charge in [-0.3, -0.25) is 4.98 Å². The summed E-state index contributed by atoms with van der Waals surface area (Å²) in [5.41, 5.74) is 3.33.